The highest BCUT2D eigenvalue weighted by molar-refractivity contribution is 7.13. The standard InChI is InChI=1S/C25H22N2O3S/c1-4-15-5-10-19-18(13-15)22(28)20-21(17-8-6-16(7-9-17)14(2)3)27(24(29)23(20)30-19)25-26-11-12-31-25/h5-14,21H,4H2,1-3H3. The molecule has 1 amide bonds. The molecular weight excluding hydrogens is 408 g/mol. The molecule has 3 heterocycles. The number of thiazole rings is 1. The first-order valence-electron chi connectivity index (χ1n) is 10.4. The van der Waals surface area contributed by atoms with Crippen LogP contribution < -0.4 is 10.3 Å². The number of fused-ring (bicyclic) bond motifs is 2. The van der Waals surface area contributed by atoms with Gasteiger partial charge < -0.3 is 4.42 Å². The molecule has 2 aromatic carbocycles. The molecule has 0 saturated carbocycles. The molecule has 0 fully saturated rings. The molecule has 0 aliphatic carbocycles. The third kappa shape index (κ3) is 3.10. The lowest BCUT2D eigenvalue weighted by atomic mass is 9.95. The maximum atomic E-state index is 13.7. The van der Waals surface area contributed by atoms with Crippen molar-refractivity contribution in [1.82, 2.24) is 4.98 Å². The summed E-state index contributed by atoms with van der Waals surface area (Å²) in [7, 11) is 0. The number of carbonyl (C=O) groups excluding carboxylic acids is 1. The van der Waals surface area contributed by atoms with E-state index in [9.17, 15) is 9.59 Å². The molecule has 1 aliphatic rings. The van der Waals surface area contributed by atoms with Crippen molar-refractivity contribution in [3.63, 3.8) is 0 Å². The second-order valence-electron chi connectivity index (χ2n) is 8.07. The van der Waals surface area contributed by atoms with E-state index in [1.165, 1.54) is 16.9 Å². The second-order valence-corrected chi connectivity index (χ2v) is 8.94. The zero-order valence-corrected chi connectivity index (χ0v) is 18.4. The van der Waals surface area contributed by atoms with Crippen LogP contribution in [0.5, 0.6) is 0 Å². The Morgan fingerprint density at radius 2 is 1.90 bits per heavy atom. The molecular formula is C25H22N2O3S. The Kier molecular flexibility index (Phi) is 4.74. The van der Waals surface area contributed by atoms with Gasteiger partial charge in [-0.05, 0) is 41.2 Å². The first-order valence-corrected chi connectivity index (χ1v) is 11.3. The van der Waals surface area contributed by atoms with Crippen molar-refractivity contribution in [1.29, 1.82) is 0 Å². The van der Waals surface area contributed by atoms with E-state index in [1.54, 1.807) is 17.2 Å². The Labute approximate surface area is 184 Å². The van der Waals surface area contributed by atoms with Gasteiger partial charge in [0.25, 0.3) is 5.91 Å². The van der Waals surface area contributed by atoms with Crippen LogP contribution in [0, 0.1) is 0 Å². The Morgan fingerprint density at radius 1 is 1.13 bits per heavy atom. The fourth-order valence-corrected chi connectivity index (χ4v) is 4.82. The number of rotatable bonds is 4. The fraction of sp³-hybridized carbons (Fsp3) is 0.240. The van der Waals surface area contributed by atoms with Gasteiger partial charge in [-0.25, -0.2) is 4.98 Å². The Morgan fingerprint density at radius 3 is 2.55 bits per heavy atom. The molecule has 1 aliphatic heterocycles. The lowest BCUT2D eigenvalue weighted by Crippen LogP contribution is -2.29. The molecule has 156 valence electrons. The average molecular weight is 431 g/mol. The van der Waals surface area contributed by atoms with Crippen molar-refractivity contribution in [3.8, 4) is 0 Å². The molecule has 0 saturated heterocycles. The summed E-state index contributed by atoms with van der Waals surface area (Å²) >= 11 is 1.37. The molecule has 1 atom stereocenters. The smallest absolute Gasteiger partial charge is 0.297 e. The molecule has 6 heteroatoms. The van der Waals surface area contributed by atoms with Gasteiger partial charge in [0.15, 0.2) is 10.6 Å². The van der Waals surface area contributed by atoms with Crippen LogP contribution >= 0.6 is 11.3 Å². The largest absolute Gasteiger partial charge is 0.450 e. The van der Waals surface area contributed by atoms with E-state index in [1.807, 2.05) is 36.6 Å². The quantitative estimate of drug-likeness (QED) is 0.417. The molecule has 0 bridgehead atoms. The Bertz CT molecular complexity index is 1340. The third-order valence-corrected chi connectivity index (χ3v) is 6.66. The number of aromatic nitrogens is 1. The van der Waals surface area contributed by atoms with Crippen molar-refractivity contribution in [2.24, 2.45) is 0 Å². The van der Waals surface area contributed by atoms with Crippen LogP contribution in [0.3, 0.4) is 0 Å². The van der Waals surface area contributed by atoms with Crippen LogP contribution in [-0.4, -0.2) is 10.9 Å². The summed E-state index contributed by atoms with van der Waals surface area (Å²) in [6.45, 7) is 6.32. The van der Waals surface area contributed by atoms with E-state index in [4.69, 9.17) is 4.42 Å². The number of aryl methyl sites for hydroxylation is 1. The maximum Gasteiger partial charge on any atom is 0.297 e. The van der Waals surface area contributed by atoms with E-state index >= 15 is 0 Å². The molecule has 5 nitrogen and oxygen atoms in total. The normalized spacial score (nSPS) is 15.8. The van der Waals surface area contributed by atoms with Gasteiger partial charge in [0.1, 0.15) is 5.58 Å². The average Bonchev–Trinajstić information content (AvgIpc) is 3.40. The van der Waals surface area contributed by atoms with Crippen LogP contribution in [0.15, 0.2) is 63.3 Å². The summed E-state index contributed by atoms with van der Waals surface area (Å²) in [5.41, 5.74) is 3.79. The van der Waals surface area contributed by atoms with Crippen molar-refractivity contribution in [2.45, 2.75) is 39.2 Å². The monoisotopic (exact) mass is 430 g/mol. The number of hydrogen-bond acceptors (Lipinski definition) is 5. The summed E-state index contributed by atoms with van der Waals surface area (Å²) in [4.78, 5) is 33.0. The lowest BCUT2D eigenvalue weighted by molar-refractivity contribution is 0.0971. The molecule has 31 heavy (non-hydrogen) atoms. The summed E-state index contributed by atoms with van der Waals surface area (Å²) in [5, 5.41) is 2.88. The van der Waals surface area contributed by atoms with Gasteiger partial charge in [0.2, 0.25) is 5.76 Å². The van der Waals surface area contributed by atoms with Gasteiger partial charge in [-0.2, -0.15) is 0 Å². The van der Waals surface area contributed by atoms with E-state index in [2.05, 4.69) is 31.0 Å². The fourth-order valence-electron chi connectivity index (χ4n) is 4.15. The number of hydrogen-bond donors (Lipinski definition) is 0. The van der Waals surface area contributed by atoms with Gasteiger partial charge >= 0.3 is 0 Å². The predicted molar refractivity (Wildman–Crippen MR) is 123 cm³/mol. The third-order valence-electron chi connectivity index (χ3n) is 5.89. The van der Waals surface area contributed by atoms with Crippen molar-refractivity contribution >= 4 is 33.3 Å². The predicted octanol–water partition coefficient (Wildman–Crippen LogP) is 5.69. The molecule has 0 spiro atoms. The van der Waals surface area contributed by atoms with Gasteiger partial charge in [0, 0.05) is 11.6 Å². The molecule has 2 aromatic heterocycles. The van der Waals surface area contributed by atoms with Crippen molar-refractivity contribution in [3.05, 3.63) is 92.3 Å². The Hall–Kier alpha value is -3.25. The highest BCUT2D eigenvalue weighted by atomic mass is 32.1. The van der Waals surface area contributed by atoms with Crippen LogP contribution in [0.4, 0.5) is 5.13 Å². The van der Waals surface area contributed by atoms with Gasteiger partial charge in [-0.1, -0.05) is 51.1 Å². The zero-order valence-electron chi connectivity index (χ0n) is 17.6. The van der Waals surface area contributed by atoms with Crippen molar-refractivity contribution < 1.29 is 9.21 Å². The van der Waals surface area contributed by atoms with Gasteiger partial charge in [-0.15, -0.1) is 11.3 Å². The number of benzene rings is 2. The van der Waals surface area contributed by atoms with Crippen LogP contribution in [-0.2, 0) is 6.42 Å². The number of carbonyl (C=O) groups is 1. The topological polar surface area (TPSA) is 63.4 Å². The number of amides is 1. The number of anilines is 1. The molecule has 0 radical (unpaired) electrons. The zero-order chi connectivity index (χ0) is 21.7. The van der Waals surface area contributed by atoms with E-state index in [0.29, 0.717) is 27.6 Å². The number of nitrogens with zero attached hydrogens (tertiary/aromatic N) is 2. The second kappa shape index (κ2) is 7.46. The van der Waals surface area contributed by atoms with Crippen molar-refractivity contribution in [2.75, 3.05) is 4.90 Å². The minimum Gasteiger partial charge on any atom is -0.450 e. The molecule has 5 rings (SSSR count). The summed E-state index contributed by atoms with van der Waals surface area (Å²) in [6.07, 6.45) is 2.48. The summed E-state index contributed by atoms with van der Waals surface area (Å²) < 4.78 is 6.02. The SMILES string of the molecule is CCc1ccc2oc3c(c(=O)c2c1)C(c1ccc(C(C)C)cc1)N(c1nccs1)C3=O. The summed E-state index contributed by atoms with van der Waals surface area (Å²) in [5.74, 6) is 0.166. The van der Waals surface area contributed by atoms with E-state index in [-0.39, 0.29) is 17.1 Å². The molecule has 1 unspecified atom stereocenters. The van der Waals surface area contributed by atoms with E-state index in [0.717, 1.165) is 17.5 Å². The van der Waals surface area contributed by atoms with E-state index < -0.39 is 6.04 Å². The van der Waals surface area contributed by atoms with Gasteiger partial charge in [-0.3, -0.25) is 14.5 Å². The first-order chi connectivity index (χ1) is 15.0. The maximum absolute atomic E-state index is 13.7. The summed E-state index contributed by atoms with van der Waals surface area (Å²) in [6, 6.07) is 13.1. The highest BCUT2D eigenvalue weighted by Gasteiger charge is 2.44. The lowest BCUT2D eigenvalue weighted by Gasteiger charge is -2.23. The van der Waals surface area contributed by atoms with Crippen LogP contribution in [0.2, 0.25) is 0 Å². The van der Waals surface area contributed by atoms with Gasteiger partial charge in [0.05, 0.1) is 17.0 Å². The highest BCUT2D eigenvalue weighted by Crippen LogP contribution is 2.42. The molecule has 0 N–H and O–H groups in total. The van der Waals surface area contributed by atoms with Crippen LogP contribution in [0.1, 0.15) is 65.5 Å². The Balaban J connectivity index is 1.77. The first kappa shape index (κ1) is 19.7. The molecule has 4 aromatic rings. The minimum absolute atomic E-state index is 0.106. The van der Waals surface area contributed by atoms with Crippen LogP contribution in [0.25, 0.3) is 11.0 Å². The minimum atomic E-state index is -0.569.